The predicted molar refractivity (Wildman–Crippen MR) is 72.0 cm³/mol. The third kappa shape index (κ3) is 3.98. The second-order valence-electron chi connectivity index (χ2n) is 5.05. The van der Waals surface area contributed by atoms with Crippen LogP contribution in [0.25, 0.3) is 0 Å². The third-order valence-electron chi connectivity index (χ3n) is 3.72. The van der Waals surface area contributed by atoms with Crippen LogP contribution in [-0.2, 0) is 4.79 Å². The van der Waals surface area contributed by atoms with Crippen LogP contribution in [0, 0.1) is 5.92 Å². The Hall–Kier alpha value is -0.570. The fraction of sp³-hybridized carbons (Fsp3) is 0.929. The summed E-state index contributed by atoms with van der Waals surface area (Å²) in [6.07, 6.45) is 5.42. The van der Waals surface area contributed by atoms with Crippen molar-refractivity contribution in [1.29, 1.82) is 0 Å². The van der Waals surface area contributed by atoms with E-state index in [1.165, 1.54) is 0 Å². The summed E-state index contributed by atoms with van der Waals surface area (Å²) in [5, 5.41) is 3.35. The van der Waals surface area contributed by atoms with E-state index in [0.29, 0.717) is 11.9 Å². The Bertz CT molecular complexity index is 218. The fourth-order valence-electron chi connectivity index (χ4n) is 2.82. The minimum absolute atomic E-state index is 0.255. The first-order valence-corrected chi connectivity index (χ1v) is 7.25. The molecule has 0 aromatic carbocycles. The maximum Gasteiger partial charge on any atom is 0.225 e. The lowest BCUT2D eigenvalue weighted by Crippen LogP contribution is -2.44. The van der Waals surface area contributed by atoms with Crippen LogP contribution in [0.3, 0.4) is 0 Å². The summed E-state index contributed by atoms with van der Waals surface area (Å²) in [5.74, 6) is 0.649. The van der Waals surface area contributed by atoms with E-state index < -0.39 is 0 Å². The summed E-state index contributed by atoms with van der Waals surface area (Å²) >= 11 is 0. The van der Waals surface area contributed by atoms with Crippen molar-refractivity contribution in [3.63, 3.8) is 0 Å². The normalized spacial score (nSPS) is 19.9. The molecule has 17 heavy (non-hydrogen) atoms. The van der Waals surface area contributed by atoms with Gasteiger partial charge in [0.25, 0.3) is 0 Å². The first kappa shape index (κ1) is 14.5. The van der Waals surface area contributed by atoms with Crippen molar-refractivity contribution in [2.45, 2.75) is 58.9 Å². The minimum Gasteiger partial charge on any atom is -0.338 e. The standard InChI is InChI=1S/C14H28N2O/c1-4-7-12(8-5-2)14(17)16(6-3)13-9-10-15-11-13/h12-13,15H,4-11H2,1-3H3. The number of rotatable bonds is 7. The molecule has 1 N–H and O–H groups in total. The second-order valence-corrected chi connectivity index (χ2v) is 5.05. The molecule has 1 heterocycles. The highest BCUT2D eigenvalue weighted by atomic mass is 16.2. The van der Waals surface area contributed by atoms with Gasteiger partial charge in [-0.25, -0.2) is 0 Å². The van der Waals surface area contributed by atoms with Gasteiger partial charge in [0.1, 0.15) is 0 Å². The molecule has 1 rings (SSSR count). The molecule has 0 saturated carbocycles. The van der Waals surface area contributed by atoms with Gasteiger partial charge in [-0.1, -0.05) is 26.7 Å². The summed E-state index contributed by atoms with van der Waals surface area (Å²) in [6, 6.07) is 0.434. The molecule has 0 aromatic rings. The Kier molecular flexibility index (Phi) is 6.56. The van der Waals surface area contributed by atoms with Gasteiger partial charge in [-0.15, -0.1) is 0 Å². The topological polar surface area (TPSA) is 32.3 Å². The quantitative estimate of drug-likeness (QED) is 0.741. The zero-order chi connectivity index (χ0) is 12.7. The van der Waals surface area contributed by atoms with E-state index in [9.17, 15) is 4.79 Å². The summed E-state index contributed by atoms with van der Waals surface area (Å²) in [4.78, 5) is 14.6. The lowest BCUT2D eigenvalue weighted by Gasteiger charge is -2.31. The monoisotopic (exact) mass is 240 g/mol. The van der Waals surface area contributed by atoms with Gasteiger partial charge in [-0.3, -0.25) is 4.79 Å². The number of hydrogen-bond donors (Lipinski definition) is 1. The Labute approximate surface area is 106 Å². The molecule has 1 saturated heterocycles. The number of amides is 1. The predicted octanol–water partition coefficient (Wildman–Crippen LogP) is 2.41. The van der Waals surface area contributed by atoms with E-state index in [4.69, 9.17) is 0 Å². The van der Waals surface area contributed by atoms with E-state index in [0.717, 1.165) is 51.7 Å². The molecule has 0 aliphatic carbocycles. The average molecular weight is 240 g/mol. The molecule has 0 aromatic heterocycles. The van der Waals surface area contributed by atoms with Crippen molar-refractivity contribution >= 4 is 5.91 Å². The van der Waals surface area contributed by atoms with Gasteiger partial charge in [-0.2, -0.15) is 0 Å². The SMILES string of the molecule is CCCC(CCC)C(=O)N(CC)C1CCNC1. The molecule has 1 atom stereocenters. The third-order valence-corrected chi connectivity index (χ3v) is 3.72. The Balaban J connectivity index is 2.60. The molecule has 1 fully saturated rings. The molecule has 0 radical (unpaired) electrons. The van der Waals surface area contributed by atoms with Crippen LogP contribution in [-0.4, -0.2) is 36.5 Å². The molecular formula is C14H28N2O. The van der Waals surface area contributed by atoms with Crippen molar-refractivity contribution in [2.75, 3.05) is 19.6 Å². The van der Waals surface area contributed by atoms with Gasteiger partial charge in [0.15, 0.2) is 0 Å². The Morgan fingerprint density at radius 2 is 1.94 bits per heavy atom. The van der Waals surface area contributed by atoms with Gasteiger partial charge in [0, 0.05) is 25.0 Å². The maximum atomic E-state index is 12.5. The fourth-order valence-corrected chi connectivity index (χ4v) is 2.82. The number of nitrogens with zero attached hydrogens (tertiary/aromatic N) is 1. The molecule has 1 amide bonds. The van der Waals surface area contributed by atoms with Gasteiger partial charge in [0.05, 0.1) is 0 Å². The zero-order valence-electron chi connectivity index (χ0n) is 11.7. The van der Waals surface area contributed by atoms with Crippen LogP contribution >= 0.6 is 0 Å². The van der Waals surface area contributed by atoms with Crippen molar-refractivity contribution in [3.05, 3.63) is 0 Å². The van der Waals surface area contributed by atoms with Gasteiger partial charge in [-0.05, 0) is 32.7 Å². The Morgan fingerprint density at radius 1 is 1.29 bits per heavy atom. The van der Waals surface area contributed by atoms with Gasteiger partial charge >= 0.3 is 0 Å². The number of carbonyl (C=O) groups is 1. The molecule has 1 unspecified atom stereocenters. The number of nitrogens with one attached hydrogen (secondary N) is 1. The minimum atomic E-state index is 0.255. The number of carbonyl (C=O) groups excluding carboxylic acids is 1. The summed E-state index contributed by atoms with van der Waals surface area (Å²) in [6.45, 7) is 9.33. The molecule has 0 bridgehead atoms. The van der Waals surface area contributed by atoms with E-state index >= 15 is 0 Å². The summed E-state index contributed by atoms with van der Waals surface area (Å²) in [7, 11) is 0. The maximum absolute atomic E-state index is 12.5. The lowest BCUT2D eigenvalue weighted by molar-refractivity contribution is -0.137. The lowest BCUT2D eigenvalue weighted by atomic mass is 9.96. The molecule has 3 heteroatoms. The van der Waals surface area contributed by atoms with Crippen LogP contribution in [0.1, 0.15) is 52.9 Å². The van der Waals surface area contributed by atoms with Crippen LogP contribution in [0.2, 0.25) is 0 Å². The van der Waals surface area contributed by atoms with E-state index in [1.807, 2.05) is 0 Å². The largest absolute Gasteiger partial charge is 0.338 e. The van der Waals surface area contributed by atoms with Crippen LogP contribution in [0.5, 0.6) is 0 Å². The highest BCUT2D eigenvalue weighted by Gasteiger charge is 2.29. The zero-order valence-corrected chi connectivity index (χ0v) is 11.7. The van der Waals surface area contributed by atoms with Crippen LogP contribution in [0.15, 0.2) is 0 Å². The van der Waals surface area contributed by atoms with Crippen molar-refractivity contribution in [1.82, 2.24) is 10.2 Å². The molecule has 1 aliphatic rings. The van der Waals surface area contributed by atoms with Gasteiger partial charge < -0.3 is 10.2 Å². The van der Waals surface area contributed by atoms with Gasteiger partial charge in [0.2, 0.25) is 5.91 Å². The van der Waals surface area contributed by atoms with E-state index in [1.54, 1.807) is 0 Å². The summed E-state index contributed by atoms with van der Waals surface area (Å²) in [5.41, 5.74) is 0. The molecular weight excluding hydrogens is 212 g/mol. The molecule has 0 spiro atoms. The number of hydrogen-bond acceptors (Lipinski definition) is 2. The highest BCUT2D eigenvalue weighted by molar-refractivity contribution is 5.79. The number of likely N-dealkylation sites (N-methyl/N-ethyl adjacent to an activating group) is 1. The van der Waals surface area contributed by atoms with Crippen molar-refractivity contribution in [3.8, 4) is 0 Å². The highest BCUT2D eigenvalue weighted by Crippen LogP contribution is 2.20. The molecule has 3 nitrogen and oxygen atoms in total. The smallest absolute Gasteiger partial charge is 0.225 e. The Morgan fingerprint density at radius 3 is 2.35 bits per heavy atom. The van der Waals surface area contributed by atoms with Crippen molar-refractivity contribution in [2.24, 2.45) is 5.92 Å². The van der Waals surface area contributed by atoms with Crippen LogP contribution < -0.4 is 5.32 Å². The first-order valence-electron chi connectivity index (χ1n) is 7.25. The molecule has 100 valence electrons. The first-order chi connectivity index (χ1) is 8.24. The summed E-state index contributed by atoms with van der Waals surface area (Å²) < 4.78 is 0. The van der Waals surface area contributed by atoms with E-state index in [2.05, 4.69) is 31.0 Å². The average Bonchev–Trinajstić information content (AvgIpc) is 2.83. The van der Waals surface area contributed by atoms with Crippen LogP contribution in [0.4, 0.5) is 0 Å². The molecule has 1 aliphatic heterocycles. The van der Waals surface area contributed by atoms with Crippen molar-refractivity contribution < 1.29 is 4.79 Å². The van der Waals surface area contributed by atoms with E-state index in [-0.39, 0.29) is 5.92 Å². The second kappa shape index (κ2) is 7.70.